The summed E-state index contributed by atoms with van der Waals surface area (Å²) in [6.45, 7) is 20.9. The smallest absolute Gasteiger partial charge is 0.0564 e. The third-order valence-electron chi connectivity index (χ3n) is 1.32. The van der Waals surface area contributed by atoms with Crippen molar-refractivity contribution in [1.82, 2.24) is 0 Å². The van der Waals surface area contributed by atoms with E-state index in [2.05, 4.69) is 20.8 Å². The van der Waals surface area contributed by atoms with Crippen LogP contribution >= 0.6 is 0 Å². The zero-order valence-corrected chi connectivity index (χ0v) is 16.7. The first-order chi connectivity index (χ1) is 10.2. The second kappa shape index (κ2) is 24.9. The molecule has 0 aromatic heterocycles. The first-order valence-electron chi connectivity index (χ1n) is 9.01. The van der Waals surface area contributed by atoms with Crippen molar-refractivity contribution in [2.45, 2.75) is 94.5 Å². The Bertz CT molecular complexity index is 198. The summed E-state index contributed by atoms with van der Waals surface area (Å²) in [6.07, 6.45) is 0.750. The maximum Gasteiger partial charge on any atom is 0.0564 e. The van der Waals surface area contributed by atoms with Crippen LogP contribution in [-0.2, 0) is 14.2 Å². The van der Waals surface area contributed by atoms with E-state index in [0.717, 1.165) is 12.5 Å². The summed E-state index contributed by atoms with van der Waals surface area (Å²) in [5.41, 5.74) is 0. The lowest BCUT2D eigenvalue weighted by Crippen LogP contribution is -1.99. The van der Waals surface area contributed by atoms with Crippen LogP contribution in [0.25, 0.3) is 0 Å². The summed E-state index contributed by atoms with van der Waals surface area (Å²) in [7, 11) is 1.70. The highest BCUT2D eigenvalue weighted by Gasteiger charge is 1.84. The van der Waals surface area contributed by atoms with E-state index in [4.69, 9.17) is 17.0 Å². The Kier molecular flexibility index (Phi) is 27.4. The Morgan fingerprint density at radius 3 is 1.00 bits per heavy atom. The Morgan fingerprint density at radius 1 is 0.714 bits per heavy atom. The molecule has 21 heavy (non-hydrogen) atoms. The number of ether oxygens (including phenoxy) is 3. The highest BCUT2D eigenvalue weighted by Crippen LogP contribution is 1.83. The fourth-order valence-corrected chi connectivity index (χ4v) is 0.569. The average Bonchev–Trinajstić information content (AvgIpc) is 2.25. The quantitative estimate of drug-likeness (QED) is 0.664. The van der Waals surface area contributed by atoms with Gasteiger partial charge >= 0.3 is 0 Å². The number of rotatable bonds is 5. The molecule has 0 N–H and O–H groups in total. The van der Waals surface area contributed by atoms with Crippen molar-refractivity contribution >= 4 is 0 Å². The molecule has 0 bridgehead atoms. The van der Waals surface area contributed by atoms with Gasteiger partial charge in [-0.05, 0) is 61.3 Å². The molecule has 0 aromatic carbocycles. The van der Waals surface area contributed by atoms with E-state index in [1.165, 1.54) is 6.92 Å². The summed E-state index contributed by atoms with van der Waals surface area (Å²) in [6, 6.07) is 0. The number of hydrogen-bond acceptors (Lipinski definition) is 3. The van der Waals surface area contributed by atoms with Crippen LogP contribution in [0.3, 0.4) is 0 Å². The van der Waals surface area contributed by atoms with Gasteiger partial charge in [-0.25, -0.2) is 0 Å². The van der Waals surface area contributed by atoms with Crippen molar-refractivity contribution in [3.8, 4) is 0 Å². The Hall–Kier alpha value is -0.120. The van der Waals surface area contributed by atoms with Crippen molar-refractivity contribution in [1.29, 1.82) is 0 Å². The highest BCUT2D eigenvalue weighted by atomic mass is 16.5. The van der Waals surface area contributed by atoms with Crippen LogP contribution in [0, 0.1) is 5.92 Å². The molecule has 0 aliphatic heterocycles. The molecule has 0 unspecified atom stereocenters. The van der Waals surface area contributed by atoms with E-state index in [9.17, 15) is 0 Å². The summed E-state index contributed by atoms with van der Waals surface area (Å²) in [5.74, 6) is 0.833. The molecule has 0 heterocycles. The lowest BCUT2D eigenvalue weighted by atomic mass is 10.3. The van der Waals surface area contributed by atoms with E-state index in [1.54, 1.807) is 21.0 Å². The molecule has 0 atom stereocenters. The SMILES string of the molecule is CC(C)C.CCOC(C)C.COC(C)C.[2H]C([2H])(C)OC(C)C. The molecule has 134 valence electrons. The molecule has 0 radical (unpaired) electrons. The van der Waals surface area contributed by atoms with E-state index in [1.807, 2.05) is 34.6 Å². The first-order valence-corrected chi connectivity index (χ1v) is 8.01. The predicted molar refractivity (Wildman–Crippen MR) is 96.2 cm³/mol. The van der Waals surface area contributed by atoms with Crippen LogP contribution < -0.4 is 0 Å². The van der Waals surface area contributed by atoms with Crippen LogP contribution in [0.4, 0.5) is 0 Å². The maximum atomic E-state index is 6.91. The minimum atomic E-state index is -1.48. The van der Waals surface area contributed by atoms with Gasteiger partial charge < -0.3 is 14.2 Å². The van der Waals surface area contributed by atoms with Gasteiger partial charge in [-0.1, -0.05) is 20.8 Å². The largest absolute Gasteiger partial charge is 0.382 e. The van der Waals surface area contributed by atoms with Crippen molar-refractivity contribution in [3.63, 3.8) is 0 Å². The van der Waals surface area contributed by atoms with Gasteiger partial charge in [0.15, 0.2) is 0 Å². The molecule has 0 spiro atoms. The summed E-state index contributed by atoms with van der Waals surface area (Å²) >= 11 is 0. The summed E-state index contributed by atoms with van der Waals surface area (Å²) < 4.78 is 28.4. The summed E-state index contributed by atoms with van der Waals surface area (Å²) in [5, 5.41) is 0. The number of methoxy groups -OCH3 is 1. The van der Waals surface area contributed by atoms with Gasteiger partial charge in [0.2, 0.25) is 0 Å². The zero-order chi connectivity index (χ0) is 19.6. The first kappa shape index (κ1) is 23.2. The van der Waals surface area contributed by atoms with Crippen LogP contribution in [0.1, 0.15) is 78.9 Å². The molecule has 0 amide bonds. The fraction of sp³-hybridized carbons (Fsp3) is 1.00. The molecular formula is C18H44O3. The molecular weight excluding hydrogens is 264 g/mol. The summed E-state index contributed by atoms with van der Waals surface area (Å²) in [4.78, 5) is 0. The number of hydrogen-bond donors (Lipinski definition) is 0. The van der Waals surface area contributed by atoms with Crippen molar-refractivity contribution < 1.29 is 17.0 Å². The predicted octanol–water partition coefficient (Wildman–Crippen LogP) is 5.57. The van der Waals surface area contributed by atoms with Crippen LogP contribution in [0.5, 0.6) is 0 Å². The molecule has 0 fully saturated rings. The van der Waals surface area contributed by atoms with Crippen molar-refractivity contribution in [2.75, 3.05) is 20.3 Å². The highest BCUT2D eigenvalue weighted by molar-refractivity contribution is 4.31. The minimum absolute atomic E-state index is 0.0324. The second-order valence-electron chi connectivity index (χ2n) is 5.89. The van der Waals surface area contributed by atoms with Crippen LogP contribution in [-0.4, -0.2) is 38.6 Å². The van der Waals surface area contributed by atoms with Crippen LogP contribution in [0.2, 0.25) is 0 Å². The van der Waals surface area contributed by atoms with Gasteiger partial charge in [-0.2, -0.15) is 0 Å². The molecule has 3 nitrogen and oxygen atoms in total. The van der Waals surface area contributed by atoms with Gasteiger partial charge in [0, 0.05) is 20.3 Å². The minimum Gasteiger partial charge on any atom is -0.382 e. The van der Waals surface area contributed by atoms with E-state index in [0.29, 0.717) is 12.2 Å². The Morgan fingerprint density at radius 2 is 1.00 bits per heavy atom. The fourth-order valence-electron chi connectivity index (χ4n) is 0.569. The molecule has 0 aliphatic carbocycles. The lowest BCUT2D eigenvalue weighted by Gasteiger charge is -2.00. The van der Waals surface area contributed by atoms with Crippen molar-refractivity contribution in [3.05, 3.63) is 0 Å². The van der Waals surface area contributed by atoms with Crippen LogP contribution in [0.15, 0.2) is 0 Å². The monoisotopic (exact) mass is 310 g/mol. The average molecular weight is 311 g/mol. The molecule has 0 aromatic rings. The lowest BCUT2D eigenvalue weighted by molar-refractivity contribution is 0.0897. The third-order valence-corrected chi connectivity index (χ3v) is 1.32. The molecule has 3 heteroatoms. The van der Waals surface area contributed by atoms with Gasteiger partial charge in [-0.3, -0.25) is 0 Å². The Labute approximate surface area is 138 Å². The Balaban J connectivity index is -0.000000108. The second-order valence-corrected chi connectivity index (χ2v) is 5.89. The third kappa shape index (κ3) is 102. The molecule has 0 rings (SSSR count). The van der Waals surface area contributed by atoms with Gasteiger partial charge in [0.05, 0.1) is 21.1 Å². The van der Waals surface area contributed by atoms with E-state index < -0.39 is 6.56 Å². The maximum absolute atomic E-state index is 6.91. The molecule has 0 aliphatic rings. The van der Waals surface area contributed by atoms with Gasteiger partial charge in [0.1, 0.15) is 0 Å². The zero-order valence-electron chi connectivity index (χ0n) is 18.7. The topological polar surface area (TPSA) is 27.7 Å². The van der Waals surface area contributed by atoms with E-state index in [-0.39, 0.29) is 6.10 Å². The van der Waals surface area contributed by atoms with Gasteiger partial charge in [-0.15, -0.1) is 0 Å². The van der Waals surface area contributed by atoms with Gasteiger partial charge in [0.25, 0.3) is 0 Å². The molecule has 0 saturated heterocycles. The standard InChI is InChI=1S/2C5H12O.C4H10O.C4H10/c2*1-4-6-5(2)3;1-4(2)5-3;1-4(2)3/h2*5H,4H2,1-3H3;4H,1-3H3;4H,1-3H3/i4D2;;;. The molecule has 0 saturated carbocycles. The normalized spacial score (nSPS) is 11.8. The van der Waals surface area contributed by atoms with Crippen molar-refractivity contribution in [2.24, 2.45) is 5.92 Å². The van der Waals surface area contributed by atoms with E-state index >= 15 is 0 Å².